The summed E-state index contributed by atoms with van der Waals surface area (Å²) in [6.07, 6.45) is 4.25. The molecule has 0 bridgehead atoms. The van der Waals surface area contributed by atoms with Crippen LogP contribution >= 0.6 is 0 Å². The summed E-state index contributed by atoms with van der Waals surface area (Å²) in [6.45, 7) is 0. The van der Waals surface area contributed by atoms with Crippen molar-refractivity contribution in [2.75, 3.05) is 0 Å². The van der Waals surface area contributed by atoms with Gasteiger partial charge in [0, 0.05) is 0 Å². The van der Waals surface area contributed by atoms with E-state index in [9.17, 15) is 0 Å². The second kappa shape index (κ2) is 9.40. The molecule has 0 amide bonds. The van der Waals surface area contributed by atoms with Gasteiger partial charge in [-0.15, -0.1) is 0 Å². The summed E-state index contributed by atoms with van der Waals surface area (Å²) in [4.78, 5) is 0. The van der Waals surface area contributed by atoms with Crippen LogP contribution in [-0.2, 0) is 24.9 Å². The van der Waals surface area contributed by atoms with Crippen LogP contribution in [0.1, 0.15) is 25.7 Å². The Hall–Kier alpha value is 0.848. The van der Waals surface area contributed by atoms with Gasteiger partial charge in [0.05, 0.1) is 0 Å². The quantitative estimate of drug-likeness (QED) is 0.549. The van der Waals surface area contributed by atoms with Crippen molar-refractivity contribution in [1.29, 1.82) is 0 Å². The van der Waals surface area contributed by atoms with E-state index in [1.165, 1.54) is 12.8 Å². The third-order valence-electron chi connectivity index (χ3n) is 1.77. The first-order chi connectivity index (χ1) is 5.54. The molecule has 4 N–H and O–H groups in total. The van der Waals surface area contributed by atoms with Crippen LogP contribution in [0, 0.1) is 0 Å². The maximum absolute atomic E-state index is 8.76. The number of hydrogen-bond acceptors (Lipinski definition) is 1. The third-order valence-corrected chi connectivity index (χ3v) is 1.77. The van der Waals surface area contributed by atoms with Gasteiger partial charge in [-0.2, -0.15) is 12.1 Å². The Kier molecular flexibility index (Phi) is 11.8. The maximum atomic E-state index is 8.76. The Morgan fingerprint density at radius 2 is 1.31 bits per heavy atom. The minimum atomic E-state index is -3.29. The van der Waals surface area contributed by atoms with E-state index in [2.05, 4.69) is 0 Å². The summed E-state index contributed by atoms with van der Waals surface area (Å²) in [7, 11) is 0. The van der Waals surface area contributed by atoms with Crippen LogP contribution in [-0.4, -0.2) is 35.0 Å². The molecule has 7 heteroatoms. The number of rotatable bonds is 0. The van der Waals surface area contributed by atoms with Crippen LogP contribution in [0.15, 0.2) is 0 Å². The molecule has 2 atom stereocenters. The summed E-state index contributed by atoms with van der Waals surface area (Å²) in [5, 5.41) is 0. The Morgan fingerprint density at radius 1 is 1.08 bits per heavy atom. The molecule has 0 aliphatic heterocycles. The third kappa shape index (κ3) is 10.8. The summed E-state index contributed by atoms with van der Waals surface area (Å²) < 4.78 is 23.1. The predicted octanol–water partition coefficient (Wildman–Crippen LogP) is 0.786. The fraction of sp³-hybridized carbons (Fsp3) is 1.00. The van der Waals surface area contributed by atoms with Gasteiger partial charge in [-0.1, -0.05) is 25.7 Å². The minimum absolute atomic E-state index is 0. The monoisotopic (exact) mass is 437 g/mol. The maximum Gasteiger partial charge on any atom is 2.00 e. The van der Waals surface area contributed by atoms with E-state index >= 15 is 0 Å². The topological polar surface area (TPSA) is 105 Å². The normalized spacial score (nSPS) is 27.2. The zero-order valence-corrected chi connectivity index (χ0v) is 11.0. The van der Waals surface area contributed by atoms with Crippen molar-refractivity contribution in [3.8, 4) is 0 Å². The average molecular weight is 436 g/mol. The second-order valence-corrected chi connectivity index (χ2v) is 3.70. The van der Waals surface area contributed by atoms with Crippen molar-refractivity contribution in [3.05, 3.63) is 11.5 Å². The summed E-state index contributed by atoms with van der Waals surface area (Å²) in [5.41, 5.74) is 14.6. The largest absolute Gasteiger partial charge is 2.00 e. The molecule has 0 aromatic carbocycles. The van der Waals surface area contributed by atoms with Gasteiger partial charge in [-0.3, -0.25) is 0 Å². The predicted molar refractivity (Wildman–Crippen MR) is 45.6 cm³/mol. The van der Waals surface area contributed by atoms with E-state index in [1.54, 1.807) is 0 Å². The van der Waals surface area contributed by atoms with Crippen LogP contribution in [0.3, 0.4) is 0 Å². The van der Waals surface area contributed by atoms with Crippen molar-refractivity contribution in [2.45, 2.75) is 37.8 Å². The standard InChI is InChI=1S/C6H12N2.H2O3Se.Pt/c7-5-3-1-2-4-6(5)8;1-4(2)3;/h5-8H,1-4H2;(H2,1,2,3);/q-2;;+2. The van der Waals surface area contributed by atoms with Gasteiger partial charge < -0.3 is 11.5 Å². The molecule has 1 saturated carbocycles. The minimum Gasteiger partial charge on any atom is -0.676 e. The SMILES string of the molecule is O=[Se](O)O.[NH-]C1CCCCC1[NH-].[Pt+2]. The number of nitrogens with one attached hydrogen (secondary N) is 2. The Labute approximate surface area is 96.9 Å². The van der Waals surface area contributed by atoms with Crippen molar-refractivity contribution < 1.29 is 33.3 Å². The molecule has 0 aromatic rings. The van der Waals surface area contributed by atoms with E-state index in [0.29, 0.717) is 0 Å². The second-order valence-electron chi connectivity index (χ2n) is 2.73. The van der Waals surface area contributed by atoms with Crippen molar-refractivity contribution in [2.24, 2.45) is 0 Å². The Balaban J connectivity index is 0. The first-order valence-electron chi connectivity index (χ1n) is 3.76. The molecule has 0 heterocycles. The molecule has 0 radical (unpaired) electrons. The van der Waals surface area contributed by atoms with Crippen molar-refractivity contribution in [1.82, 2.24) is 0 Å². The van der Waals surface area contributed by atoms with E-state index in [-0.39, 0.29) is 33.1 Å². The number of hydrogen-bond donors (Lipinski definition) is 2. The van der Waals surface area contributed by atoms with Crippen molar-refractivity contribution in [3.63, 3.8) is 0 Å². The van der Waals surface area contributed by atoms with Gasteiger partial charge in [-0.05, 0) is 0 Å². The van der Waals surface area contributed by atoms with Crippen LogP contribution in [0.25, 0.3) is 11.5 Å². The van der Waals surface area contributed by atoms with Gasteiger partial charge in [0.1, 0.15) is 0 Å². The molecule has 0 aromatic heterocycles. The molecule has 1 aliphatic rings. The first-order valence-corrected chi connectivity index (χ1v) is 5.99. The van der Waals surface area contributed by atoms with Gasteiger partial charge in [0.25, 0.3) is 0 Å². The summed E-state index contributed by atoms with van der Waals surface area (Å²) in [5.74, 6) is 0. The zero-order chi connectivity index (χ0) is 9.56. The van der Waals surface area contributed by atoms with Gasteiger partial charge in [-0.25, -0.2) is 0 Å². The molecule has 1 aliphatic carbocycles. The van der Waals surface area contributed by atoms with Crippen LogP contribution in [0.4, 0.5) is 0 Å². The smallest absolute Gasteiger partial charge is 0.676 e. The summed E-state index contributed by atoms with van der Waals surface area (Å²) >= 11 is -3.29. The Morgan fingerprint density at radius 3 is 1.46 bits per heavy atom. The first kappa shape index (κ1) is 16.3. The molecule has 1 rings (SSSR count). The van der Waals surface area contributed by atoms with Crippen LogP contribution in [0.2, 0.25) is 0 Å². The summed E-state index contributed by atoms with van der Waals surface area (Å²) in [6, 6.07) is -0.160. The van der Waals surface area contributed by atoms with E-state index in [0.717, 1.165) is 12.8 Å². The van der Waals surface area contributed by atoms with Gasteiger partial charge in [0.15, 0.2) is 0 Å². The molecular weight excluding hydrogens is 422 g/mol. The molecule has 82 valence electrons. The molecule has 0 spiro atoms. The zero-order valence-electron chi connectivity index (χ0n) is 7.01. The molecule has 0 saturated heterocycles. The molecule has 13 heavy (non-hydrogen) atoms. The Bertz CT molecular complexity index is 136. The molecule has 2 unspecified atom stereocenters. The molecular formula is C6H14N2O3PtSe. The van der Waals surface area contributed by atoms with E-state index in [1.807, 2.05) is 0 Å². The van der Waals surface area contributed by atoms with Crippen molar-refractivity contribution >= 4 is 14.5 Å². The fourth-order valence-corrected chi connectivity index (χ4v) is 1.13. The van der Waals surface area contributed by atoms with Crippen LogP contribution < -0.4 is 0 Å². The fourth-order valence-electron chi connectivity index (χ4n) is 1.13. The van der Waals surface area contributed by atoms with E-state index < -0.39 is 14.5 Å². The van der Waals surface area contributed by atoms with Gasteiger partial charge in [0.2, 0.25) is 0 Å². The van der Waals surface area contributed by atoms with Gasteiger partial charge >= 0.3 is 47.8 Å². The van der Waals surface area contributed by atoms with E-state index in [4.69, 9.17) is 23.7 Å². The average Bonchev–Trinajstić information content (AvgIpc) is 1.94. The molecule has 1 fully saturated rings. The van der Waals surface area contributed by atoms with Crippen LogP contribution in [0.5, 0.6) is 0 Å². The molecule has 5 nitrogen and oxygen atoms in total.